The van der Waals surface area contributed by atoms with Gasteiger partial charge in [-0.2, -0.15) is 0 Å². The molecular weight excluding hydrogens is 348 g/mol. The highest BCUT2D eigenvalue weighted by molar-refractivity contribution is 5.32. The van der Waals surface area contributed by atoms with Gasteiger partial charge in [0.15, 0.2) is 0 Å². The van der Waals surface area contributed by atoms with Crippen LogP contribution in [0.4, 0.5) is 0 Å². The first kappa shape index (κ1) is 21.0. The zero-order valence-electron chi connectivity index (χ0n) is 19.2. The van der Waals surface area contributed by atoms with Crippen molar-refractivity contribution in [1.82, 2.24) is 0 Å². The second-order valence-corrected chi connectivity index (χ2v) is 10.4. The highest BCUT2D eigenvalue weighted by Gasteiger charge is 2.60. The molecule has 0 radical (unpaired) electrons. The van der Waals surface area contributed by atoms with Crippen molar-refractivity contribution >= 4 is 0 Å². The maximum Gasteiger partial charge on any atom is -0.00768 e. The smallest absolute Gasteiger partial charge is 0.00768 e. The van der Waals surface area contributed by atoms with Crippen molar-refractivity contribution in [3.63, 3.8) is 0 Å². The first-order chi connectivity index (χ1) is 14.1. The van der Waals surface area contributed by atoms with E-state index in [2.05, 4.69) is 82.4 Å². The molecule has 0 nitrogen and oxygen atoms in total. The van der Waals surface area contributed by atoms with E-state index in [1.807, 2.05) is 0 Å². The Hall–Kier alpha value is -1.30. The summed E-state index contributed by atoms with van der Waals surface area (Å²) in [5.41, 5.74) is 2.52. The maximum atomic E-state index is 2.68. The second-order valence-electron chi connectivity index (χ2n) is 10.4. The lowest BCUT2D eigenvalue weighted by molar-refractivity contribution is -0.0936. The lowest BCUT2D eigenvalue weighted by atomic mass is 9.40. The molecular formula is C29H42. The molecule has 1 saturated carbocycles. The molecule has 0 saturated heterocycles. The third kappa shape index (κ3) is 3.26. The molecule has 0 aromatic carbocycles. The second kappa shape index (κ2) is 8.44. The van der Waals surface area contributed by atoms with Crippen LogP contribution < -0.4 is 0 Å². The van der Waals surface area contributed by atoms with Crippen LogP contribution in [0.2, 0.25) is 0 Å². The van der Waals surface area contributed by atoms with Gasteiger partial charge in [-0.15, -0.1) is 0 Å². The van der Waals surface area contributed by atoms with E-state index in [0.717, 1.165) is 5.92 Å². The van der Waals surface area contributed by atoms with Gasteiger partial charge in [-0.1, -0.05) is 101 Å². The summed E-state index contributed by atoms with van der Waals surface area (Å²) in [6.45, 7) is 10.0. The van der Waals surface area contributed by atoms with Gasteiger partial charge in [-0.3, -0.25) is 0 Å². The van der Waals surface area contributed by atoms with Gasteiger partial charge in [-0.25, -0.2) is 0 Å². The van der Waals surface area contributed by atoms with Crippen LogP contribution in [0.25, 0.3) is 0 Å². The van der Waals surface area contributed by atoms with Gasteiger partial charge in [0, 0.05) is 0 Å². The summed E-state index contributed by atoms with van der Waals surface area (Å²) in [6, 6.07) is 0. The summed E-state index contributed by atoms with van der Waals surface area (Å²) in [5, 5.41) is 0. The van der Waals surface area contributed by atoms with Crippen LogP contribution in [-0.2, 0) is 0 Å². The number of hydrogen-bond acceptors (Lipinski definition) is 0. The van der Waals surface area contributed by atoms with Crippen LogP contribution in [0.3, 0.4) is 0 Å². The van der Waals surface area contributed by atoms with Gasteiger partial charge in [0.1, 0.15) is 0 Å². The minimum atomic E-state index is 0.330. The Kier molecular flexibility index (Phi) is 6.10. The molecule has 0 aromatic rings. The van der Waals surface area contributed by atoms with Crippen molar-refractivity contribution in [3.8, 4) is 0 Å². The maximum absolute atomic E-state index is 2.68. The van der Waals surface area contributed by atoms with Crippen molar-refractivity contribution in [1.29, 1.82) is 0 Å². The van der Waals surface area contributed by atoms with E-state index >= 15 is 0 Å². The van der Waals surface area contributed by atoms with E-state index in [-0.39, 0.29) is 0 Å². The Morgan fingerprint density at radius 1 is 0.897 bits per heavy atom. The lowest BCUT2D eigenvalue weighted by Crippen LogP contribution is -2.57. The lowest BCUT2D eigenvalue weighted by Gasteiger charge is -2.63. The van der Waals surface area contributed by atoms with Gasteiger partial charge < -0.3 is 0 Å². The fourth-order valence-corrected chi connectivity index (χ4v) is 7.99. The summed E-state index contributed by atoms with van der Waals surface area (Å²) in [4.78, 5) is 0. The van der Waals surface area contributed by atoms with Crippen LogP contribution in [-0.4, -0.2) is 0 Å². The van der Waals surface area contributed by atoms with E-state index in [0.29, 0.717) is 34.5 Å². The van der Waals surface area contributed by atoms with Gasteiger partial charge in [0.2, 0.25) is 0 Å². The summed E-state index contributed by atoms with van der Waals surface area (Å²) in [6.07, 6.45) is 32.9. The molecule has 1 fully saturated rings. The number of unbranched alkanes of at least 4 members (excludes halogenated alkanes) is 1. The first-order valence-electron chi connectivity index (χ1n) is 12.5. The van der Waals surface area contributed by atoms with Crippen LogP contribution >= 0.6 is 0 Å². The van der Waals surface area contributed by atoms with Crippen molar-refractivity contribution in [3.05, 3.63) is 60.3 Å². The molecule has 158 valence electrons. The summed E-state index contributed by atoms with van der Waals surface area (Å²) < 4.78 is 0. The van der Waals surface area contributed by atoms with Crippen molar-refractivity contribution in [2.75, 3.05) is 0 Å². The molecule has 0 spiro atoms. The number of fused-ring (bicyclic) bond motifs is 3. The normalized spacial score (nSPS) is 36.4. The fraction of sp³-hybridized carbons (Fsp3) is 0.655. The molecule has 0 amide bonds. The third-order valence-corrected chi connectivity index (χ3v) is 9.34. The van der Waals surface area contributed by atoms with E-state index in [1.54, 1.807) is 5.57 Å². The Balaban J connectivity index is 1.88. The fourth-order valence-electron chi connectivity index (χ4n) is 7.99. The van der Waals surface area contributed by atoms with Crippen molar-refractivity contribution in [2.24, 2.45) is 40.4 Å². The van der Waals surface area contributed by atoms with Crippen LogP contribution in [0.5, 0.6) is 0 Å². The Bertz CT molecular complexity index is 725. The predicted molar refractivity (Wildman–Crippen MR) is 127 cm³/mol. The Morgan fingerprint density at radius 2 is 1.55 bits per heavy atom. The van der Waals surface area contributed by atoms with E-state index in [9.17, 15) is 0 Å². The molecule has 4 aliphatic carbocycles. The largest absolute Gasteiger partial charge is 0.0848 e. The summed E-state index contributed by atoms with van der Waals surface area (Å²) in [5.74, 6) is 3.39. The number of rotatable bonds is 7. The van der Waals surface area contributed by atoms with Crippen molar-refractivity contribution < 1.29 is 0 Å². The molecule has 0 bridgehead atoms. The van der Waals surface area contributed by atoms with E-state index in [1.165, 1.54) is 51.4 Å². The highest BCUT2D eigenvalue weighted by Crippen LogP contribution is 2.67. The minimum Gasteiger partial charge on any atom is -0.0848 e. The van der Waals surface area contributed by atoms with E-state index < -0.39 is 0 Å². The summed E-state index contributed by atoms with van der Waals surface area (Å²) >= 11 is 0. The predicted octanol–water partition coefficient (Wildman–Crippen LogP) is 8.45. The Labute approximate surface area is 179 Å². The number of allylic oxidation sites excluding steroid dienone is 10. The average Bonchev–Trinajstić information content (AvgIpc) is 3.32. The molecule has 0 heterocycles. The molecule has 0 heteroatoms. The molecule has 4 aliphatic rings. The molecule has 4 rings (SSSR count). The quantitative estimate of drug-likeness (QED) is 0.382. The average molecular weight is 391 g/mol. The topological polar surface area (TPSA) is 0 Å². The number of hydrogen-bond donors (Lipinski definition) is 0. The zero-order valence-corrected chi connectivity index (χ0v) is 19.2. The van der Waals surface area contributed by atoms with Crippen LogP contribution in [0.15, 0.2) is 60.3 Å². The van der Waals surface area contributed by atoms with Gasteiger partial charge in [-0.05, 0) is 78.9 Å². The Morgan fingerprint density at radius 3 is 2.17 bits per heavy atom. The molecule has 0 aliphatic heterocycles. The van der Waals surface area contributed by atoms with Crippen molar-refractivity contribution in [2.45, 2.75) is 79.1 Å². The van der Waals surface area contributed by atoms with Crippen LogP contribution in [0.1, 0.15) is 79.1 Å². The molecule has 0 aromatic heterocycles. The minimum absolute atomic E-state index is 0.330. The third-order valence-electron chi connectivity index (χ3n) is 9.34. The highest BCUT2D eigenvalue weighted by atomic mass is 14.6. The van der Waals surface area contributed by atoms with Gasteiger partial charge in [0.05, 0.1) is 0 Å². The molecule has 6 unspecified atom stereocenters. The molecule has 6 atom stereocenters. The zero-order chi connectivity index (χ0) is 20.5. The molecule has 0 N–H and O–H groups in total. The summed E-state index contributed by atoms with van der Waals surface area (Å²) in [7, 11) is 0. The van der Waals surface area contributed by atoms with Gasteiger partial charge >= 0.3 is 0 Å². The van der Waals surface area contributed by atoms with Crippen LogP contribution in [0, 0.1) is 40.4 Å². The first-order valence-corrected chi connectivity index (χ1v) is 12.5. The van der Waals surface area contributed by atoms with Gasteiger partial charge in [0.25, 0.3) is 0 Å². The molecule has 29 heavy (non-hydrogen) atoms. The standard InChI is InChI=1S/C29H42/c1-5-8-21-28(4,22-15-9-10-16-22)27-25-19-12-11-17-23(25)24-18-13-14-20-26(24)29(27,6-2)7-3/h11-15,17-20,23-27H,5-10,16,21H2,1-4H3. The SMILES string of the molecule is CCCCC(C)(C1=CCCC1)C1C2C=CC=CC2C2C=CC=CC2C1(CC)CC. The monoisotopic (exact) mass is 390 g/mol. The van der Waals surface area contributed by atoms with E-state index in [4.69, 9.17) is 0 Å².